The molecule has 0 fully saturated rings. The molecule has 0 saturated carbocycles. The first-order valence-electron chi connectivity index (χ1n) is 11.6. The van der Waals surface area contributed by atoms with Gasteiger partial charge in [-0.1, -0.05) is 46.8 Å². The summed E-state index contributed by atoms with van der Waals surface area (Å²) in [5.41, 5.74) is 4.49. The summed E-state index contributed by atoms with van der Waals surface area (Å²) < 4.78 is 7.68. The molecular formula is C25H38N4O2. The van der Waals surface area contributed by atoms with Crippen LogP contribution in [0, 0.1) is 11.8 Å². The fourth-order valence-corrected chi connectivity index (χ4v) is 4.40. The van der Waals surface area contributed by atoms with Gasteiger partial charge in [-0.3, -0.25) is 9.69 Å². The quantitative estimate of drug-likeness (QED) is 0.600. The van der Waals surface area contributed by atoms with Crippen LogP contribution < -0.4 is 4.74 Å². The minimum absolute atomic E-state index is 0.0255. The number of carbonyl (C=O) groups is 1. The maximum Gasteiger partial charge on any atom is 0.225 e. The van der Waals surface area contributed by atoms with Crippen LogP contribution in [-0.4, -0.2) is 52.2 Å². The number of methoxy groups -OCH3 is 1. The molecule has 6 nitrogen and oxygen atoms in total. The van der Waals surface area contributed by atoms with Crippen LogP contribution in [0.5, 0.6) is 5.75 Å². The molecule has 0 radical (unpaired) electrons. The van der Waals surface area contributed by atoms with Crippen molar-refractivity contribution in [2.75, 3.05) is 26.7 Å². The van der Waals surface area contributed by atoms with Gasteiger partial charge in [0.1, 0.15) is 11.4 Å². The lowest BCUT2D eigenvalue weighted by atomic mass is 10.0. The third-order valence-electron chi connectivity index (χ3n) is 5.80. The van der Waals surface area contributed by atoms with Crippen molar-refractivity contribution in [1.29, 1.82) is 0 Å². The van der Waals surface area contributed by atoms with Gasteiger partial charge >= 0.3 is 0 Å². The van der Waals surface area contributed by atoms with Crippen molar-refractivity contribution in [2.24, 2.45) is 11.8 Å². The molecule has 1 aromatic carbocycles. The Hall–Kier alpha value is -2.34. The second kappa shape index (κ2) is 10.3. The standard InChI is InChI=1S/C25H38N4O2/c1-7-13-27-14-12-22-20(16-27)21(17-28(15-18(2)3)25(30)19(4)5)26-29(22)23-10-8-9-11-24(23)31-6/h8-11,18-19H,7,12-17H2,1-6H3. The van der Waals surface area contributed by atoms with E-state index in [0.717, 1.165) is 56.2 Å². The molecule has 6 heteroatoms. The van der Waals surface area contributed by atoms with Gasteiger partial charge in [-0.2, -0.15) is 5.10 Å². The topological polar surface area (TPSA) is 50.6 Å². The molecule has 1 amide bonds. The molecule has 1 aliphatic rings. The molecule has 1 aromatic heterocycles. The first kappa shape index (κ1) is 23.3. The Morgan fingerprint density at radius 1 is 1.23 bits per heavy atom. The number of fused-ring (bicyclic) bond motifs is 1. The van der Waals surface area contributed by atoms with E-state index in [9.17, 15) is 4.79 Å². The highest BCUT2D eigenvalue weighted by Gasteiger charge is 2.28. The van der Waals surface area contributed by atoms with Gasteiger partial charge in [0, 0.05) is 37.5 Å². The SMILES string of the molecule is CCCN1CCc2c(c(CN(CC(C)C)C(=O)C(C)C)nn2-c2ccccc2OC)C1. The predicted molar refractivity (Wildman–Crippen MR) is 124 cm³/mol. The minimum atomic E-state index is -0.0255. The highest BCUT2D eigenvalue weighted by atomic mass is 16.5. The van der Waals surface area contributed by atoms with E-state index < -0.39 is 0 Å². The maximum absolute atomic E-state index is 13.0. The third kappa shape index (κ3) is 5.29. The largest absolute Gasteiger partial charge is 0.494 e. The molecule has 0 unspecified atom stereocenters. The Morgan fingerprint density at radius 3 is 2.61 bits per heavy atom. The molecule has 0 saturated heterocycles. The van der Waals surface area contributed by atoms with Crippen molar-refractivity contribution in [2.45, 2.75) is 60.5 Å². The molecular weight excluding hydrogens is 388 g/mol. The van der Waals surface area contributed by atoms with Crippen LogP contribution in [0.25, 0.3) is 5.69 Å². The number of ether oxygens (including phenoxy) is 1. The smallest absolute Gasteiger partial charge is 0.225 e. The van der Waals surface area contributed by atoms with Gasteiger partial charge in [0.15, 0.2) is 0 Å². The minimum Gasteiger partial charge on any atom is -0.494 e. The summed E-state index contributed by atoms with van der Waals surface area (Å²) in [7, 11) is 1.70. The summed E-state index contributed by atoms with van der Waals surface area (Å²) >= 11 is 0. The number of hydrogen-bond donors (Lipinski definition) is 0. The Balaban J connectivity index is 2.04. The molecule has 2 aromatic rings. The molecule has 0 N–H and O–H groups in total. The van der Waals surface area contributed by atoms with E-state index in [1.165, 1.54) is 11.3 Å². The molecule has 0 aliphatic carbocycles. The number of para-hydroxylation sites is 2. The summed E-state index contributed by atoms with van der Waals surface area (Å²) in [4.78, 5) is 17.4. The van der Waals surface area contributed by atoms with Gasteiger partial charge < -0.3 is 9.64 Å². The molecule has 0 bridgehead atoms. The number of aromatic nitrogens is 2. The molecule has 1 aliphatic heterocycles. The molecule has 31 heavy (non-hydrogen) atoms. The number of benzene rings is 1. The van der Waals surface area contributed by atoms with Crippen molar-refractivity contribution < 1.29 is 9.53 Å². The Morgan fingerprint density at radius 2 is 1.97 bits per heavy atom. The van der Waals surface area contributed by atoms with E-state index in [0.29, 0.717) is 12.5 Å². The fourth-order valence-electron chi connectivity index (χ4n) is 4.40. The number of carbonyl (C=O) groups excluding carboxylic acids is 1. The van der Waals surface area contributed by atoms with Gasteiger partial charge in [0.05, 0.1) is 25.0 Å². The Labute approximate surface area is 187 Å². The third-order valence-corrected chi connectivity index (χ3v) is 5.80. The maximum atomic E-state index is 13.0. The summed E-state index contributed by atoms with van der Waals surface area (Å²) in [5, 5.41) is 5.07. The average molecular weight is 427 g/mol. The first-order valence-corrected chi connectivity index (χ1v) is 11.6. The van der Waals surface area contributed by atoms with E-state index in [1.807, 2.05) is 36.9 Å². The Bertz CT molecular complexity index is 888. The van der Waals surface area contributed by atoms with Crippen molar-refractivity contribution in [1.82, 2.24) is 19.6 Å². The van der Waals surface area contributed by atoms with Crippen molar-refractivity contribution in [3.05, 3.63) is 41.2 Å². The van der Waals surface area contributed by atoms with Gasteiger partial charge in [-0.25, -0.2) is 4.68 Å². The normalized spacial score (nSPS) is 14.2. The van der Waals surface area contributed by atoms with Crippen molar-refractivity contribution in [3.8, 4) is 11.4 Å². The molecule has 3 rings (SSSR count). The lowest BCUT2D eigenvalue weighted by Gasteiger charge is -2.29. The zero-order valence-electron chi connectivity index (χ0n) is 20.0. The van der Waals surface area contributed by atoms with Gasteiger partial charge in [0.25, 0.3) is 0 Å². The number of hydrogen-bond acceptors (Lipinski definition) is 4. The van der Waals surface area contributed by atoms with E-state index in [-0.39, 0.29) is 11.8 Å². The summed E-state index contributed by atoms with van der Waals surface area (Å²) in [5.74, 6) is 1.39. The van der Waals surface area contributed by atoms with Crippen molar-refractivity contribution in [3.63, 3.8) is 0 Å². The molecule has 0 atom stereocenters. The van der Waals surface area contributed by atoms with E-state index in [1.54, 1.807) is 7.11 Å². The number of rotatable bonds is 9. The Kier molecular flexibility index (Phi) is 7.76. The number of nitrogens with zero attached hydrogens (tertiary/aromatic N) is 4. The molecule has 0 spiro atoms. The van der Waals surface area contributed by atoms with Crippen LogP contribution in [0.2, 0.25) is 0 Å². The van der Waals surface area contributed by atoms with Gasteiger partial charge in [0.2, 0.25) is 5.91 Å². The lowest BCUT2D eigenvalue weighted by molar-refractivity contribution is -0.135. The summed E-state index contributed by atoms with van der Waals surface area (Å²) in [6.07, 6.45) is 2.08. The highest BCUT2D eigenvalue weighted by molar-refractivity contribution is 5.78. The lowest BCUT2D eigenvalue weighted by Crippen LogP contribution is -2.37. The van der Waals surface area contributed by atoms with Gasteiger partial charge in [-0.05, 0) is 31.0 Å². The monoisotopic (exact) mass is 426 g/mol. The van der Waals surface area contributed by atoms with Crippen molar-refractivity contribution >= 4 is 5.91 Å². The molecule has 2 heterocycles. The summed E-state index contributed by atoms with van der Waals surface area (Å²) in [6, 6.07) is 8.03. The first-order chi connectivity index (χ1) is 14.8. The molecule has 170 valence electrons. The van der Waals surface area contributed by atoms with Crippen LogP contribution >= 0.6 is 0 Å². The van der Waals surface area contributed by atoms with E-state index in [2.05, 4.69) is 36.4 Å². The van der Waals surface area contributed by atoms with Crippen LogP contribution in [0.1, 0.15) is 58.0 Å². The highest BCUT2D eigenvalue weighted by Crippen LogP contribution is 2.30. The zero-order chi connectivity index (χ0) is 22.5. The van der Waals surface area contributed by atoms with Crippen LogP contribution in [0.15, 0.2) is 24.3 Å². The number of amides is 1. The van der Waals surface area contributed by atoms with Crippen LogP contribution in [0.3, 0.4) is 0 Å². The van der Waals surface area contributed by atoms with Gasteiger partial charge in [-0.15, -0.1) is 0 Å². The summed E-state index contributed by atoms with van der Waals surface area (Å²) in [6.45, 7) is 14.8. The average Bonchev–Trinajstić information content (AvgIpc) is 3.10. The van der Waals surface area contributed by atoms with E-state index >= 15 is 0 Å². The van der Waals surface area contributed by atoms with Crippen LogP contribution in [-0.2, 0) is 24.3 Å². The fraction of sp³-hybridized carbons (Fsp3) is 0.600. The second-order valence-corrected chi connectivity index (χ2v) is 9.25. The van der Waals surface area contributed by atoms with E-state index in [4.69, 9.17) is 9.84 Å². The van der Waals surface area contributed by atoms with Crippen LogP contribution in [0.4, 0.5) is 0 Å². The predicted octanol–water partition coefficient (Wildman–Crippen LogP) is 4.29. The second-order valence-electron chi connectivity index (χ2n) is 9.25. The zero-order valence-corrected chi connectivity index (χ0v) is 20.0.